The van der Waals surface area contributed by atoms with Crippen LogP contribution in [0.5, 0.6) is 0 Å². The number of aliphatic hydroxyl groups is 1. The highest BCUT2D eigenvalue weighted by atomic mass is 16.5. The van der Waals surface area contributed by atoms with Crippen molar-refractivity contribution >= 4 is 11.8 Å². The van der Waals surface area contributed by atoms with Crippen molar-refractivity contribution < 1.29 is 19.4 Å². The van der Waals surface area contributed by atoms with Gasteiger partial charge in [0.05, 0.1) is 12.7 Å². The van der Waals surface area contributed by atoms with Gasteiger partial charge >= 0.3 is 5.97 Å². The first kappa shape index (κ1) is 25.9. The fourth-order valence-corrected chi connectivity index (χ4v) is 4.11. The molecular weight excluding hydrogens is 364 g/mol. The molecule has 4 heteroatoms. The topological polar surface area (TPSA) is 63.6 Å². The number of allylic oxidation sites excluding steroid dienone is 1. The maximum atomic E-state index is 12.2. The standard InChI is InChI=1S/C25H44O4/c1-3-5-7-11-15-25(28)29-20-12-8-10-14-23-21(17-19-24(23)27)16-18-22(26)13-9-6-4-2/h16,18,21-23,26H,3-15,17,19-20H2,1-2H3/b18-16+. The summed E-state index contributed by atoms with van der Waals surface area (Å²) in [5, 5.41) is 10.1. The summed E-state index contributed by atoms with van der Waals surface area (Å²) in [4.78, 5) is 23.9. The Labute approximate surface area is 178 Å². The summed E-state index contributed by atoms with van der Waals surface area (Å²) in [6.07, 6.45) is 18.1. The van der Waals surface area contributed by atoms with Crippen LogP contribution >= 0.6 is 0 Å². The molecule has 1 rings (SSSR count). The van der Waals surface area contributed by atoms with Gasteiger partial charge in [0.25, 0.3) is 0 Å². The molecule has 0 radical (unpaired) electrons. The van der Waals surface area contributed by atoms with Crippen LogP contribution in [0.3, 0.4) is 0 Å². The predicted molar refractivity (Wildman–Crippen MR) is 119 cm³/mol. The number of hydrogen-bond donors (Lipinski definition) is 1. The molecular formula is C25H44O4. The third kappa shape index (κ3) is 12.2. The molecule has 1 aliphatic carbocycles. The Hall–Kier alpha value is -1.16. The molecule has 0 heterocycles. The zero-order valence-electron chi connectivity index (χ0n) is 18.9. The number of rotatable bonds is 17. The van der Waals surface area contributed by atoms with Gasteiger partial charge in [-0.3, -0.25) is 9.59 Å². The Morgan fingerprint density at radius 3 is 2.55 bits per heavy atom. The second-order valence-electron chi connectivity index (χ2n) is 8.60. The lowest BCUT2D eigenvalue weighted by atomic mass is 9.89. The van der Waals surface area contributed by atoms with Crippen LogP contribution in [0.4, 0.5) is 0 Å². The summed E-state index contributed by atoms with van der Waals surface area (Å²) in [5.41, 5.74) is 0. The Balaban J connectivity index is 2.16. The number of Topliss-reactive ketones (excluding diaryl/α,β-unsaturated/α-hetero) is 1. The minimum Gasteiger partial charge on any atom is -0.466 e. The van der Waals surface area contributed by atoms with Crippen molar-refractivity contribution in [2.75, 3.05) is 6.61 Å². The summed E-state index contributed by atoms with van der Waals surface area (Å²) in [5.74, 6) is 0.688. The number of unbranched alkanes of at least 4 members (excludes halogenated alkanes) is 7. The van der Waals surface area contributed by atoms with Crippen LogP contribution in [-0.4, -0.2) is 29.6 Å². The van der Waals surface area contributed by atoms with Gasteiger partial charge < -0.3 is 9.84 Å². The normalized spacial score (nSPS) is 20.4. The number of aliphatic hydroxyl groups excluding tert-OH is 1. The monoisotopic (exact) mass is 408 g/mol. The Morgan fingerprint density at radius 1 is 1.07 bits per heavy atom. The fraction of sp³-hybridized carbons (Fsp3) is 0.840. The van der Waals surface area contributed by atoms with Crippen LogP contribution in [-0.2, 0) is 14.3 Å². The molecule has 0 aromatic rings. The molecule has 3 atom stereocenters. The molecule has 0 aliphatic heterocycles. The lowest BCUT2D eigenvalue weighted by Crippen LogP contribution is -2.14. The van der Waals surface area contributed by atoms with E-state index in [1.807, 2.05) is 6.08 Å². The quantitative estimate of drug-likeness (QED) is 0.178. The van der Waals surface area contributed by atoms with Crippen molar-refractivity contribution in [3.63, 3.8) is 0 Å². The van der Waals surface area contributed by atoms with Crippen molar-refractivity contribution in [3.05, 3.63) is 12.2 Å². The number of carbonyl (C=O) groups is 2. The second-order valence-corrected chi connectivity index (χ2v) is 8.60. The zero-order valence-corrected chi connectivity index (χ0v) is 18.9. The molecule has 0 amide bonds. The van der Waals surface area contributed by atoms with Crippen molar-refractivity contribution in [1.82, 2.24) is 0 Å². The summed E-state index contributed by atoms with van der Waals surface area (Å²) in [6.45, 7) is 4.82. The first-order valence-corrected chi connectivity index (χ1v) is 12.1. The van der Waals surface area contributed by atoms with Gasteiger partial charge in [0.2, 0.25) is 0 Å². The van der Waals surface area contributed by atoms with Crippen LogP contribution in [0.1, 0.15) is 110 Å². The molecule has 1 saturated carbocycles. The van der Waals surface area contributed by atoms with Crippen molar-refractivity contribution in [1.29, 1.82) is 0 Å². The number of hydrogen-bond acceptors (Lipinski definition) is 4. The maximum absolute atomic E-state index is 12.2. The van der Waals surface area contributed by atoms with Gasteiger partial charge in [-0.25, -0.2) is 0 Å². The first-order chi connectivity index (χ1) is 14.1. The minimum atomic E-state index is -0.380. The fourth-order valence-electron chi connectivity index (χ4n) is 4.11. The van der Waals surface area contributed by atoms with E-state index in [1.54, 1.807) is 0 Å². The second kappa shape index (κ2) is 16.6. The van der Waals surface area contributed by atoms with E-state index in [4.69, 9.17) is 4.74 Å². The molecule has 4 nitrogen and oxygen atoms in total. The van der Waals surface area contributed by atoms with E-state index in [0.29, 0.717) is 25.2 Å². The van der Waals surface area contributed by atoms with Crippen LogP contribution in [0, 0.1) is 11.8 Å². The van der Waals surface area contributed by atoms with Gasteiger partial charge in [-0.15, -0.1) is 0 Å². The molecule has 0 aromatic heterocycles. The van der Waals surface area contributed by atoms with Crippen molar-refractivity contribution in [2.24, 2.45) is 11.8 Å². The minimum absolute atomic E-state index is 0.0743. The molecule has 1 fully saturated rings. The third-order valence-electron chi connectivity index (χ3n) is 6.00. The van der Waals surface area contributed by atoms with Crippen LogP contribution in [0.15, 0.2) is 12.2 Å². The van der Waals surface area contributed by atoms with Crippen LogP contribution in [0.25, 0.3) is 0 Å². The van der Waals surface area contributed by atoms with Gasteiger partial charge in [-0.1, -0.05) is 77.4 Å². The maximum Gasteiger partial charge on any atom is 0.305 e. The van der Waals surface area contributed by atoms with Gasteiger partial charge in [0.15, 0.2) is 0 Å². The van der Waals surface area contributed by atoms with Crippen molar-refractivity contribution in [2.45, 2.75) is 116 Å². The number of carbonyl (C=O) groups excluding carboxylic acids is 2. The first-order valence-electron chi connectivity index (χ1n) is 12.1. The molecule has 1 aliphatic rings. The lowest BCUT2D eigenvalue weighted by molar-refractivity contribution is -0.143. The summed E-state index contributed by atoms with van der Waals surface area (Å²) in [6, 6.07) is 0. The average molecular weight is 409 g/mol. The molecule has 0 spiro atoms. The zero-order chi connectivity index (χ0) is 21.3. The Bertz CT molecular complexity index is 471. The lowest BCUT2D eigenvalue weighted by Gasteiger charge is -2.15. The largest absolute Gasteiger partial charge is 0.466 e. The molecule has 3 unspecified atom stereocenters. The number of esters is 1. The smallest absolute Gasteiger partial charge is 0.305 e. The van der Waals surface area contributed by atoms with Crippen LogP contribution < -0.4 is 0 Å². The molecule has 0 bridgehead atoms. The molecule has 29 heavy (non-hydrogen) atoms. The van der Waals surface area contributed by atoms with E-state index in [9.17, 15) is 14.7 Å². The number of ether oxygens (including phenoxy) is 1. The van der Waals surface area contributed by atoms with Gasteiger partial charge in [-0.05, 0) is 38.0 Å². The molecule has 0 aromatic carbocycles. The highest BCUT2D eigenvalue weighted by Gasteiger charge is 2.32. The average Bonchev–Trinajstić information content (AvgIpc) is 3.06. The van der Waals surface area contributed by atoms with Crippen molar-refractivity contribution in [3.8, 4) is 0 Å². The molecule has 1 N–H and O–H groups in total. The Kier molecular flexibility index (Phi) is 14.8. The highest BCUT2D eigenvalue weighted by Crippen LogP contribution is 2.34. The van der Waals surface area contributed by atoms with E-state index in [-0.39, 0.29) is 23.9 Å². The summed E-state index contributed by atoms with van der Waals surface area (Å²) in [7, 11) is 0. The van der Waals surface area contributed by atoms with E-state index in [0.717, 1.165) is 70.6 Å². The van der Waals surface area contributed by atoms with Gasteiger partial charge in [0.1, 0.15) is 5.78 Å². The Morgan fingerprint density at radius 2 is 1.79 bits per heavy atom. The van der Waals surface area contributed by atoms with Gasteiger partial charge in [-0.2, -0.15) is 0 Å². The van der Waals surface area contributed by atoms with E-state index in [1.165, 1.54) is 12.8 Å². The van der Waals surface area contributed by atoms with Gasteiger partial charge in [0, 0.05) is 18.8 Å². The van der Waals surface area contributed by atoms with Crippen LogP contribution in [0.2, 0.25) is 0 Å². The molecule has 0 saturated heterocycles. The summed E-state index contributed by atoms with van der Waals surface area (Å²) < 4.78 is 5.30. The van der Waals surface area contributed by atoms with E-state index < -0.39 is 0 Å². The summed E-state index contributed by atoms with van der Waals surface area (Å²) >= 11 is 0. The SMILES string of the molecule is CCCCCCC(=O)OCCCCCC1C(=O)CCC1/C=C/C(O)CCCCC. The highest BCUT2D eigenvalue weighted by molar-refractivity contribution is 5.83. The van der Waals surface area contributed by atoms with E-state index in [2.05, 4.69) is 19.9 Å². The number of ketones is 1. The predicted octanol–water partition coefficient (Wildman–Crippen LogP) is 6.15. The van der Waals surface area contributed by atoms with E-state index >= 15 is 0 Å². The third-order valence-corrected chi connectivity index (χ3v) is 6.00. The molecule has 168 valence electrons.